The van der Waals surface area contributed by atoms with E-state index in [4.69, 9.17) is 4.74 Å². The van der Waals surface area contributed by atoms with E-state index < -0.39 is 10.5 Å². The maximum atomic E-state index is 13.6. The average Bonchev–Trinajstić information content (AvgIpc) is 2.87. The summed E-state index contributed by atoms with van der Waals surface area (Å²) in [7, 11) is 0. The SMILES string of the molecule is O=[N+]([O-])c1ccc(OCCCN2CCC(C(O)(c3ccc(F)cc3)c3ccc(F)cc3)CC2)cc1. The molecular weight excluding hydrogens is 454 g/mol. The Morgan fingerprint density at radius 3 is 1.91 bits per heavy atom. The van der Waals surface area contributed by atoms with Crippen molar-refractivity contribution in [1.29, 1.82) is 0 Å². The van der Waals surface area contributed by atoms with Gasteiger partial charge in [0.15, 0.2) is 0 Å². The zero-order valence-corrected chi connectivity index (χ0v) is 19.3. The maximum Gasteiger partial charge on any atom is 0.269 e. The molecule has 0 saturated carbocycles. The molecule has 0 radical (unpaired) electrons. The molecule has 1 saturated heterocycles. The first-order chi connectivity index (χ1) is 16.9. The minimum atomic E-state index is -1.34. The van der Waals surface area contributed by atoms with Gasteiger partial charge < -0.3 is 14.7 Å². The van der Waals surface area contributed by atoms with Crippen molar-refractivity contribution in [3.05, 3.63) is 106 Å². The van der Waals surface area contributed by atoms with E-state index in [1.165, 1.54) is 36.4 Å². The number of ether oxygens (including phenoxy) is 1. The second kappa shape index (κ2) is 10.9. The summed E-state index contributed by atoms with van der Waals surface area (Å²) in [6.07, 6.45) is 2.25. The fraction of sp³-hybridized carbons (Fsp3) is 0.333. The number of halogens is 2. The lowest BCUT2D eigenvalue weighted by Gasteiger charge is -2.42. The van der Waals surface area contributed by atoms with Crippen LogP contribution in [0, 0.1) is 27.7 Å². The Bertz CT molecular complexity index is 1070. The zero-order valence-electron chi connectivity index (χ0n) is 19.3. The number of nitro benzene ring substituents is 1. The van der Waals surface area contributed by atoms with Crippen molar-refractivity contribution < 1.29 is 23.5 Å². The van der Waals surface area contributed by atoms with Gasteiger partial charge in [-0.2, -0.15) is 0 Å². The molecule has 0 bridgehead atoms. The number of aliphatic hydroxyl groups is 1. The third-order valence-corrected chi connectivity index (χ3v) is 6.68. The molecule has 1 N–H and O–H groups in total. The minimum Gasteiger partial charge on any atom is -0.494 e. The normalized spacial score (nSPS) is 15.2. The Labute approximate surface area is 202 Å². The molecule has 6 nitrogen and oxygen atoms in total. The second-order valence-electron chi connectivity index (χ2n) is 8.85. The Morgan fingerprint density at radius 2 is 1.43 bits per heavy atom. The maximum absolute atomic E-state index is 13.6. The van der Waals surface area contributed by atoms with Gasteiger partial charge in [-0.25, -0.2) is 8.78 Å². The molecule has 1 heterocycles. The Kier molecular flexibility index (Phi) is 7.73. The first-order valence-electron chi connectivity index (χ1n) is 11.7. The smallest absolute Gasteiger partial charge is 0.269 e. The van der Waals surface area contributed by atoms with E-state index in [-0.39, 0.29) is 23.2 Å². The van der Waals surface area contributed by atoms with E-state index in [1.807, 2.05) is 0 Å². The molecule has 184 valence electrons. The molecule has 0 amide bonds. The van der Waals surface area contributed by atoms with E-state index in [2.05, 4.69) is 4.90 Å². The van der Waals surface area contributed by atoms with Gasteiger partial charge in [0, 0.05) is 18.7 Å². The van der Waals surface area contributed by atoms with Crippen LogP contribution in [0.15, 0.2) is 72.8 Å². The van der Waals surface area contributed by atoms with Crippen LogP contribution in [0.5, 0.6) is 5.75 Å². The van der Waals surface area contributed by atoms with E-state index in [1.54, 1.807) is 36.4 Å². The van der Waals surface area contributed by atoms with Gasteiger partial charge in [-0.1, -0.05) is 24.3 Å². The third-order valence-electron chi connectivity index (χ3n) is 6.68. The average molecular weight is 483 g/mol. The van der Waals surface area contributed by atoms with Gasteiger partial charge in [0.2, 0.25) is 0 Å². The highest BCUT2D eigenvalue weighted by molar-refractivity contribution is 5.38. The molecule has 3 aromatic carbocycles. The molecule has 1 fully saturated rings. The predicted octanol–water partition coefficient (Wildman–Crippen LogP) is 5.29. The molecule has 8 heteroatoms. The number of hydrogen-bond acceptors (Lipinski definition) is 5. The van der Waals surface area contributed by atoms with Crippen molar-refractivity contribution >= 4 is 5.69 Å². The van der Waals surface area contributed by atoms with Crippen molar-refractivity contribution in [2.24, 2.45) is 5.92 Å². The number of nitro groups is 1. The first kappa shape index (κ1) is 24.8. The van der Waals surface area contributed by atoms with Gasteiger partial charge in [0.25, 0.3) is 5.69 Å². The summed E-state index contributed by atoms with van der Waals surface area (Å²) in [5, 5.41) is 22.6. The van der Waals surface area contributed by atoms with Crippen LogP contribution < -0.4 is 4.74 Å². The van der Waals surface area contributed by atoms with Crippen LogP contribution >= 0.6 is 0 Å². The van der Waals surface area contributed by atoms with Crippen molar-refractivity contribution in [1.82, 2.24) is 4.90 Å². The minimum absolute atomic E-state index is 0.0291. The number of hydrogen-bond donors (Lipinski definition) is 1. The Morgan fingerprint density at radius 1 is 0.914 bits per heavy atom. The number of benzene rings is 3. The molecule has 0 aromatic heterocycles. The van der Waals surface area contributed by atoms with Gasteiger partial charge >= 0.3 is 0 Å². The van der Waals surface area contributed by atoms with E-state index >= 15 is 0 Å². The highest BCUT2D eigenvalue weighted by Crippen LogP contribution is 2.42. The molecule has 0 aliphatic carbocycles. The molecule has 1 aliphatic heterocycles. The van der Waals surface area contributed by atoms with Gasteiger partial charge in [-0.15, -0.1) is 0 Å². The molecule has 0 unspecified atom stereocenters. The largest absolute Gasteiger partial charge is 0.494 e. The lowest BCUT2D eigenvalue weighted by molar-refractivity contribution is -0.384. The number of piperidine rings is 1. The molecule has 0 spiro atoms. The highest BCUT2D eigenvalue weighted by atomic mass is 19.1. The highest BCUT2D eigenvalue weighted by Gasteiger charge is 2.41. The number of likely N-dealkylation sites (tertiary alicyclic amines) is 1. The quantitative estimate of drug-likeness (QED) is 0.255. The van der Waals surface area contributed by atoms with Gasteiger partial charge in [-0.3, -0.25) is 10.1 Å². The van der Waals surface area contributed by atoms with Gasteiger partial charge in [-0.05, 0) is 85.8 Å². The fourth-order valence-corrected chi connectivity index (χ4v) is 4.76. The number of rotatable bonds is 9. The van der Waals surface area contributed by atoms with E-state index in [0.717, 1.165) is 38.9 Å². The fourth-order valence-electron chi connectivity index (χ4n) is 4.76. The van der Waals surface area contributed by atoms with Crippen molar-refractivity contribution in [3.63, 3.8) is 0 Å². The topological polar surface area (TPSA) is 75.8 Å². The van der Waals surface area contributed by atoms with Crippen molar-refractivity contribution in [2.75, 3.05) is 26.2 Å². The monoisotopic (exact) mass is 482 g/mol. The Balaban J connectivity index is 1.34. The van der Waals surface area contributed by atoms with Crippen LogP contribution in [0.4, 0.5) is 14.5 Å². The summed E-state index contributed by atoms with van der Waals surface area (Å²) in [4.78, 5) is 12.6. The Hall–Kier alpha value is -3.36. The standard InChI is InChI=1S/C27H28F2N2O4/c28-23-6-2-20(3-7-23)27(32,21-4-8-24(29)9-5-21)22-14-17-30(18-15-22)16-1-19-35-26-12-10-25(11-13-26)31(33)34/h2-13,22,32H,1,14-19H2. The summed E-state index contributed by atoms with van der Waals surface area (Å²) in [5.74, 6) is -0.258. The van der Waals surface area contributed by atoms with Crippen molar-refractivity contribution in [2.45, 2.75) is 24.9 Å². The molecule has 3 aromatic rings. The summed E-state index contributed by atoms with van der Waals surface area (Å²) >= 11 is 0. The summed E-state index contributed by atoms with van der Waals surface area (Å²) < 4.78 is 32.8. The number of non-ortho nitro benzene ring substituents is 1. The molecule has 35 heavy (non-hydrogen) atoms. The molecule has 1 aliphatic rings. The van der Waals surface area contributed by atoms with Crippen LogP contribution in [0.2, 0.25) is 0 Å². The van der Waals surface area contributed by atoms with Crippen molar-refractivity contribution in [3.8, 4) is 5.75 Å². The number of nitrogens with zero attached hydrogens (tertiary/aromatic N) is 2. The van der Waals surface area contributed by atoms with E-state index in [9.17, 15) is 24.0 Å². The first-order valence-corrected chi connectivity index (χ1v) is 11.7. The van der Waals surface area contributed by atoms with Crippen LogP contribution in [0.3, 0.4) is 0 Å². The third kappa shape index (κ3) is 5.83. The summed E-state index contributed by atoms with van der Waals surface area (Å²) in [5.41, 5.74) is -0.116. The lowest BCUT2D eigenvalue weighted by Crippen LogP contribution is -2.44. The lowest BCUT2D eigenvalue weighted by atomic mass is 9.72. The summed E-state index contributed by atoms with van der Waals surface area (Å²) in [6, 6.07) is 17.8. The molecular formula is C27H28F2N2O4. The summed E-state index contributed by atoms with van der Waals surface area (Å²) in [6.45, 7) is 2.89. The van der Waals surface area contributed by atoms with E-state index in [0.29, 0.717) is 23.5 Å². The molecule has 4 rings (SSSR count). The predicted molar refractivity (Wildman–Crippen MR) is 128 cm³/mol. The van der Waals surface area contributed by atoms with Crippen LogP contribution in [0.25, 0.3) is 0 Å². The molecule has 0 atom stereocenters. The van der Waals surface area contributed by atoms with Crippen LogP contribution in [0.1, 0.15) is 30.4 Å². The van der Waals surface area contributed by atoms with Crippen LogP contribution in [-0.4, -0.2) is 41.2 Å². The second-order valence-corrected chi connectivity index (χ2v) is 8.85. The van der Waals surface area contributed by atoms with Gasteiger partial charge in [0.05, 0.1) is 11.5 Å². The van der Waals surface area contributed by atoms with Gasteiger partial charge in [0.1, 0.15) is 23.0 Å². The van der Waals surface area contributed by atoms with Crippen LogP contribution in [-0.2, 0) is 5.60 Å². The zero-order chi connectivity index (χ0) is 24.8.